The maximum atomic E-state index is 12.1. The first-order valence-electron chi connectivity index (χ1n) is 5.48. The molecule has 7 heteroatoms. The number of nitrogens with zero attached hydrogens (tertiary/aromatic N) is 2. The fourth-order valence-electron chi connectivity index (χ4n) is 1.49. The van der Waals surface area contributed by atoms with Gasteiger partial charge in [-0.1, -0.05) is 6.92 Å². The first kappa shape index (κ1) is 14.0. The Morgan fingerprint density at radius 2 is 2.24 bits per heavy atom. The molecular weight excluding hydrogens is 233 g/mol. The Balaban J connectivity index is 2.59. The highest BCUT2D eigenvalue weighted by Crippen LogP contribution is 2.16. The molecule has 0 aliphatic rings. The zero-order valence-electron chi connectivity index (χ0n) is 9.67. The van der Waals surface area contributed by atoms with Crippen LogP contribution in [0.15, 0.2) is 12.4 Å². The molecule has 1 rings (SSSR count). The van der Waals surface area contributed by atoms with Gasteiger partial charge in [0.05, 0.1) is 12.7 Å². The average Bonchev–Trinajstić information content (AvgIpc) is 2.66. The fraction of sp³-hybridized carbons (Fsp3) is 0.700. The van der Waals surface area contributed by atoms with E-state index in [1.54, 1.807) is 17.1 Å². The highest BCUT2D eigenvalue weighted by molar-refractivity contribution is 5.11. The van der Waals surface area contributed by atoms with Crippen LogP contribution in [0.5, 0.6) is 0 Å². The molecule has 0 aliphatic carbocycles. The molecule has 0 spiro atoms. The summed E-state index contributed by atoms with van der Waals surface area (Å²) in [6, 6.07) is -0.512. The number of alkyl halides is 3. The minimum absolute atomic E-state index is 0.105. The molecule has 0 fully saturated rings. The number of hydrogen-bond donors (Lipinski definition) is 2. The number of rotatable bonds is 6. The summed E-state index contributed by atoms with van der Waals surface area (Å²) in [5.74, 6) is 0. The third-order valence-corrected chi connectivity index (χ3v) is 2.29. The van der Waals surface area contributed by atoms with Gasteiger partial charge in [0.1, 0.15) is 0 Å². The molecule has 0 radical (unpaired) electrons. The first-order chi connectivity index (χ1) is 7.96. The van der Waals surface area contributed by atoms with Gasteiger partial charge < -0.3 is 11.1 Å². The van der Waals surface area contributed by atoms with Gasteiger partial charge in [-0.25, -0.2) is 0 Å². The number of aryl methyl sites for hydroxylation is 1. The van der Waals surface area contributed by atoms with E-state index >= 15 is 0 Å². The van der Waals surface area contributed by atoms with Crippen molar-refractivity contribution in [3.63, 3.8) is 0 Å². The van der Waals surface area contributed by atoms with Crippen LogP contribution < -0.4 is 11.1 Å². The van der Waals surface area contributed by atoms with Crippen molar-refractivity contribution in [3.05, 3.63) is 18.0 Å². The Labute approximate surface area is 98.0 Å². The van der Waals surface area contributed by atoms with Crippen molar-refractivity contribution in [1.82, 2.24) is 15.1 Å². The molecule has 0 amide bonds. The predicted molar refractivity (Wildman–Crippen MR) is 58.4 cm³/mol. The zero-order valence-corrected chi connectivity index (χ0v) is 9.67. The molecule has 1 aromatic heterocycles. The van der Waals surface area contributed by atoms with Gasteiger partial charge in [-0.05, 0) is 6.42 Å². The van der Waals surface area contributed by atoms with Crippen LogP contribution in [0.2, 0.25) is 0 Å². The molecule has 1 unspecified atom stereocenters. The van der Waals surface area contributed by atoms with Crippen LogP contribution in [0, 0.1) is 0 Å². The Kier molecular flexibility index (Phi) is 4.95. The average molecular weight is 250 g/mol. The molecule has 1 atom stereocenters. The molecule has 0 aromatic carbocycles. The van der Waals surface area contributed by atoms with Gasteiger partial charge in [0.15, 0.2) is 0 Å². The van der Waals surface area contributed by atoms with Crippen molar-refractivity contribution in [3.8, 4) is 0 Å². The minimum atomic E-state index is -4.23. The van der Waals surface area contributed by atoms with E-state index in [0.717, 1.165) is 13.0 Å². The second-order valence-corrected chi connectivity index (χ2v) is 3.82. The summed E-state index contributed by atoms with van der Waals surface area (Å²) in [4.78, 5) is 0. The third kappa shape index (κ3) is 4.74. The standard InChI is InChI=1S/C10H17F3N4/c1-2-3-17-6-8(5-16-17)9(4-14)15-7-10(11,12)13/h5-6,9,15H,2-4,7,14H2,1H3. The molecule has 1 heterocycles. The van der Waals surface area contributed by atoms with Crippen LogP contribution in [0.25, 0.3) is 0 Å². The monoisotopic (exact) mass is 250 g/mol. The lowest BCUT2D eigenvalue weighted by atomic mass is 10.1. The molecule has 1 aromatic rings. The summed E-state index contributed by atoms with van der Waals surface area (Å²) in [6.45, 7) is 1.81. The smallest absolute Gasteiger partial charge is 0.329 e. The van der Waals surface area contributed by atoms with E-state index in [1.165, 1.54) is 0 Å². The first-order valence-corrected chi connectivity index (χ1v) is 5.48. The Morgan fingerprint density at radius 3 is 2.76 bits per heavy atom. The lowest BCUT2D eigenvalue weighted by Crippen LogP contribution is -2.35. The van der Waals surface area contributed by atoms with E-state index in [4.69, 9.17) is 5.73 Å². The molecule has 0 bridgehead atoms. The minimum Gasteiger partial charge on any atom is -0.329 e. The number of nitrogens with one attached hydrogen (secondary N) is 1. The molecule has 0 saturated carbocycles. The Morgan fingerprint density at radius 1 is 1.53 bits per heavy atom. The van der Waals surface area contributed by atoms with Crippen molar-refractivity contribution in [2.75, 3.05) is 13.1 Å². The summed E-state index contributed by atoms with van der Waals surface area (Å²) in [6.07, 6.45) is -0.0296. The summed E-state index contributed by atoms with van der Waals surface area (Å²) in [7, 11) is 0. The van der Waals surface area contributed by atoms with Crippen LogP contribution in [0.4, 0.5) is 13.2 Å². The topological polar surface area (TPSA) is 55.9 Å². The van der Waals surface area contributed by atoms with E-state index < -0.39 is 18.8 Å². The van der Waals surface area contributed by atoms with Gasteiger partial charge in [-0.2, -0.15) is 18.3 Å². The number of hydrogen-bond acceptors (Lipinski definition) is 3. The summed E-state index contributed by atoms with van der Waals surface area (Å²) < 4.78 is 37.9. The predicted octanol–water partition coefficient (Wildman–Crippen LogP) is 1.44. The summed E-state index contributed by atoms with van der Waals surface area (Å²) >= 11 is 0. The molecule has 0 aliphatic heterocycles. The van der Waals surface area contributed by atoms with Gasteiger partial charge in [0.25, 0.3) is 0 Å². The van der Waals surface area contributed by atoms with Crippen molar-refractivity contribution in [2.24, 2.45) is 5.73 Å². The molecule has 4 nitrogen and oxygen atoms in total. The molecule has 0 saturated heterocycles. The summed E-state index contributed by atoms with van der Waals surface area (Å²) in [5.41, 5.74) is 6.14. The zero-order chi connectivity index (χ0) is 12.9. The van der Waals surface area contributed by atoms with Crippen LogP contribution >= 0.6 is 0 Å². The van der Waals surface area contributed by atoms with Crippen LogP contribution in [0.3, 0.4) is 0 Å². The fourth-order valence-corrected chi connectivity index (χ4v) is 1.49. The van der Waals surface area contributed by atoms with E-state index in [0.29, 0.717) is 5.56 Å². The lowest BCUT2D eigenvalue weighted by Gasteiger charge is -2.16. The normalized spacial score (nSPS) is 13.9. The van der Waals surface area contributed by atoms with Crippen molar-refractivity contribution in [2.45, 2.75) is 32.1 Å². The highest BCUT2D eigenvalue weighted by atomic mass is 19.4. The molecule has 17 heavy (non-hydrogen) atoms. The van der Waals surface area contributed by atoms with E-state index in [9.17, 15) is 13.2 Å². The van der Waals surface area contributed by atoms with Crippen molar-refractivity contribution >= 4 is 0 Å². The number of nitrogens with two attached hydrogens (primary N) is 1. The third-order valence-electron chi connectivity index (χ3n) is 2.29. The summed E-state index contributed by atoms with van der Waals surface area (Å²) in [5, 5.41) is 6.44. The van der Waals surface area contributed by atoms with Crippen LogP contribution in [-0.2, 0) is 6.54 Å². The van der Waals surface area contributed by atoms with Gasteiger partial charge in [0, 0.05) is 30.9 Å². The highest BCUT2D eigenvalue weighted by Gasteiger charge is 2.28. The second-order valence-electron chi connectivity index (χ2n) is 3.82. The maximum absolute atomic E-state index is 12.1. The van der Waals surface area contributed by atoms with Crippen LogP contribution in [0.1, 0.15) is 24.9 Å². The quantitative estimate of drug-likeness (QED) is 0.803. The lowest BCUT2D eigenvalue weighted by molar-refractivity contribution is -0.126. The number of halogens is 3. The van der Waals surface area contributed by atoms with Gasteiger partial charge in [0.2, 0.25) is 0 Å². The largest absolute Gasteiger partial charge is 0.401 e. The molecular formula is C10H17F3N4. The Bertz CT molecular complexity index is 335. The van der Waals surface area contributed by atoms with Gasteiger partial charge >= 0.3 is 6.18 Å². The second kappa shape index (κ2) is 6.02. The van der Waals surface area contributed by atoms with Gasteiger partial charge in [-0.15, -0.1) is 0 Å². The SMILES string of the molecule is CCCn1cc(C(CN)NCC(F)(F)F)cn1. The Hall–Kier alpha value is -1.08. The van der Waals surface area contributed by atoms with Gasteiger partial charge in [-0.3, -0.25) is 4.68 Å². The number of aromatic nitrogens is 2. The van der Waals surface area contributed by atoms with E-state index in [-0.39, 0.29) is 6.54 Å². The van der Waals surface area contributed by atoms with Crippen molar-refractivity contribution < 1.29 is 13.2 Å². The molecule has 98 valence electrons. The molecule has 3 N–H and O–H groups in total. The van der Waals surface area contributed by atoms with Crippen molar-refractivity contribution in [1.29, 1.82) is 0 Å². The van der Waals surface area contributed by atoms with E-state index in [1.807, 2.05) is 6.92 Å². The maximum Gasteiger partial charge on any atom is 0.401 e. The van der Waals surface area contributed by atoms with Crippen LogP contribution in [-0.4, -0.2) is 29.0 Å². The van der Waals surface area contributed by atoms with E-state index in [2.05, 4.69) is 10.4 Å².